The summed E-state index contributed by atoms with van der Waals surface area (Å²) < 4.78 is 5.13. The van der Waals surface area contributed by atoms with Gasteiger partial charge < -0.3 is 10.5 Å². The summed E-state index contributed by atoms with van der Waals surface area (Å²) in [5, 5.41) is 0. The highest BCUT2D eigenvalue weighted by Gasteiger charge is 2.13. The lowest BCUT2D eigenvalue weighted by atomic mass is 10.1. The van der Waals surface area contributed by atoms with E-state index >= 15 is 0 Å². The van der Waals surface area contributed by atoms with E-state index in [1.807, 2.05) is 30.3 Å². The summed E-state index contributed by atoms with van der Waals surface area (Å²) in [6.45, 7) is 2.04. The summed E-state index contributed by atoms with van der Waals surface area (Å²) in [6.07, 6.45) is 4.83. The van der Waals surface area contributed by atoms with Crippen LogP contribution in [0, 0.1) is 0 Å². The molecule has 0 heterocycles. The molecular formula is C16H21NO3. The number of ketones is 1. The molecule has 0 saturated carbocycles. The third-order valence-corrected chi connectivity index (χ3v) is 2.82. The molecule has 2 N–H and O–H groups in total. The van der Waals surface area contributed by atoms with E-state index in [1.54, 1.807) is 13.0 Å². The van der Waals surface area contributed by atoms with Gasteiger partial charge in [0.25, 0.3) is 0 Å². The van der Waals surface area contributed by atoms with Crippen molar-refractivity contribution in [3.63, 3.8) is 0 Å². The molecular weight excluding hydrogens is 254 g/mol. The van der Waals surface area contributed by atoms with Crippen LogP contribution in [0.2, 0.25) is 0 Å². The number of hydrogen-bond acceptors (Lipinski definition) is 4. The molecule has 0 bridgehead atoms. The molecule has 0 aliphatic rings. The van der Waals surface area contributed by atoms with E-state index in [0.29, 0.717) is 19.3 Å². The van der Waals surface area contributed by atoms with Crippen molar-refractivity contribution in [2.45, 2.75) is 38.8 Å². The van der Waals surface area contributed by atoms with Gasteiger partial charge in [-0.3, -0.25) is 9.59 Å². The first-order chi connectivity index (χ1) is 9.63. The van der Waals surface area contributed by atoms with Crippen LogP contribution in [0.5, 0.6) is 0 Å². The van der Waals surface area contributed by atoms with Gasteiger partial charge in [-0.15, -0.1) is 0 Å². The Bertz CT molecular complexity index is 454. The van der Waals surface area contributed by atoms with Gasteiger partial charge in [0.15, 0.2) is 5.78 Å². The number of carbonyl (C=O) groups excluding carboxylic acids is 2. The molecule has 0 aliphatic carbocycles. The predicted octanol–water partition coefficient (Wildman–Crippen LogP) is 2.37. The Balaban J connectivity index is 2.26. The predicted molar refractivity (Wildman–Crippen MR) is 77.9 cm³/mol. The highest BCUT2D eigenvalue weighted by Crippen LogP contribution is 2.04. The van der Waals surface area contributed by atoms with Crippen LogP contribution in [0.4, 0.5) is 0 Å². The Kier molecular flexibility index (Phi) is 7.29. The normalized spacial score (nSPS) is 12.3. The number of allylic oxidation sites excluding steroid dienone is 2. The SMILES string of the molecule is CCC(=O)/C=C/CC[C@@H](N)C(=O)OCc1ccccc1. The zero-order valence-electron chi connectivity index (χ0n) is 11.7. The standard InChI is InChI=1S/C16H21NO3/c1-2-14(18)10-6-7-11-15(17)16(19)20-12-13-8-4-3-5-9-13/h3-6,8-10,15H,2,7,11-12,17H2,1H3/b10-6+/t15-/m1/s1. The first kappa shape index (κ1) is 16.1. The van der Waals surface area contributed by atoms with Crippen LogP contribution in [0.1, 0.15) is 31.7 Å². The molecule has 0 unspecified atom stereocenters. The van der Waals surface area contributed by atoms with Gasteiger partial charge in [-0.05, 0) is 24.5 Å². The highest BCUT2D eigenvalue weighted by molar-refractivity contribution is 5.89. The number of benzene rings is 1. The molecule has 0 spiro atoms. The lowest BCUT2D eigenvalue weighted by Gasteiger charge is -2.10. The molecule has 0 radical (unpaired) electrons. The molecule has 0 amide bonds. The second kappa shape index (κ2) is 9.04. The minimum absolute atomic E-state index is 0.0743. The second-order valence-electron chi connectivity index (χ2n) is 4.50. The third-order valence-electron chi connectivity index (χ3n) is 2.82. The van der Waals surface area contributed by atoms with E-state index in [0.717, 1.165) is 5.56 Å². The molecule has 0 aliphatic heterocycles. The Morgan fingerprint density at radius 2 is 2.00 bits per heavy atom. The number of hydrogen-bond donors (Lipinski definition) is 1. The number of rotatable bonds is 8. The Labute approximate surface area is 119 Å². The van der Waals surface area contributed by atoms with E-state index in [4.69, 9.17) is 10.5 Å². The minimum Gasteiger partial charge on any atom is -0.460 e. The fourth-order valence-electron chi connectivity index (χ4n) is 1.56. The van der Waals surface area contributed by atoms with Crippen molar-refractivity contribution in [1.29, 1.82) is 0 Å². The molecule has 108 valence electrons. The summed E-state index contributed by atoms with van der Waals surface area (Å²) in [7, 11) is 0. The van der Waals surface area contributed by atoms with E-state index in [9.17, 15) is 9.59 Å². The highest BCUT2D eigenvalue weighted by atomic mass is 16.5. The third kappa shape index (κ3) is 6.29. The number of nitrogens with two attached hydrogens (primary N) is 1. The van der Waals surface area contributed by atoms with Crippen LogP contribution >= 0.6 is 0 Å². The average molecular weight is 275 g/mol. The Hall–Kier alpha value is -1.94. The molecule has 20 heavy (non-hydrogen) atoms. The second-order valence-corrected chi connectivity index (χ2v) is 4.50. The average Bonchev–Trinajstić information content (AvgIpc) is 2.49. The van der Waals surface area contributed by atoms with E-state index in [2.05, 4.69) is 0 Å². The van der Waals surface area contributed by atoms with Gasteiger partial charge in [-0.1, -0.05) is 43.3 Å². The van der Waals surface area contributed by atoms with E-state index < -0.39 is 12.0 Å². The fraction of sp³-hybridized carbons (Fsp3) is 0.375. The monoisotopic (exact) mass is 275 g/mol. The molecule has 0 fully saturated rings. The van der Waals surface area contributed by atoms with Crippen molar-refractivity contribution < 1.29 is 14.3 Å². The molecule has 4 heteroatoms. The van der Waals surface area contributed by atoms with Crippen molar-refractivity contribution in [2.75, 3.05) is 0 Å². The number of esters is 1. The first-order valence-corrected chi connectivity index (χ1v) is 6.79. The molecule has 1 aromatic rings. The smallest absolute Gasteiger partial charge is 0.323 e. The molecule has 0 aromatic heterocycles. The molecule has 1 rings (SSSR count). The van der Waals surface area contributed by atoms with Gasteiger partial charge in [0, 0.05) is 6.42 Å². The lowest BCUT2D eigenvalue weighted by molar-refractivity contribution is -0.146. The number of carbonyl (C=O) groups is 2. The first-order valence-electron chi connectivity index (χ1n) is 6.79. The molecule has 1 atom stereocenters. The van der Waals surface area contributed by atoms with Crippen LogP contribution in [0.15, 0.2) is 42.5 Å². The Morgan fingerprint density at radius 3 is 2.65 bits per heavy atom. The fourth-order valence-corrected chi connectivity index (χ4v) is 1.56. The van der Waals surface area contributed by atoms with E-state index in [1.165, 1.54) is 6.08 Å². The zero-order valence-corrected chi connectivity index (χ0v) is 11.7. The summed E-state index contributed by atoms with van der Waals surface area (Å²) in [4.78, 5) is 22.7. The van der Waals surface area contributed by atoms with Crippen LogP contribution < -0.4 is 5.73 Å². The maximum atomic E-state index is 11.7. The quantitative estimate of drug-likeness (QED) is 0.584. The topological polar surface area (TPSA) is 69.4 Å². The zero-order chi connectivity index (χ0) is 14.8. The van der Waals surface area contributed by atoms with Gasteiger partial charge in [0.2, 0.25) is 0 Å². The van der Waals surface area contributed by atoms with Gasteiger partial charge in [0.05, 0.1) is 0 Å². The van der Waals surface area contributed by atoms with Gasteiger partial charge in [-0.25, -0.2) is 0 Å². The summed E-state index contributed by atoms with van der Waals surface area (Å²) in [5.74, 6) is -0.339. The van der Waals surface area contributed by atoms with E-state index in [-0.39, 0.29) is 12.4 Å². The van der Waals surface area contributed by atoms with Crippen molar-refractivity contribution in [3.05, 3.63) is 48.0 Å². The van der Waals surface area contributed by atoms with Gasteiger partial charge >= 0.3 is 5.97 Å². The van der Waals surface area contributed by atoms with Crippen LogP contribution in [-0.4, -0.2) is 17.8 Å². The van der Waals surface area contributed by atoms with Gasteiger partial charge in [-0.2, -0.15) is 0 Å². The van der Waals surface area contributed by atoms with Crippen molar-refractivity contribution >= 4 is 11.8 Å². The molecule has 0 saturated heterocycles. The van der Waals surface area contributed by atoms with Crippen molar-refractivity contribution in [3.8, 4) is 0 Å². The summed E-state index contributed by atoms with van der Waals surface area (Å²) in [5.41, 5.74) is 6.67. The maximum absolute atomic E-state index is 11.7. The summed E-state index contributed by atoms with van der Waals surface area (Å²) in [6, 6.07) is 8.80. The van der Waals surface area contributed by atoms with Crippen LogP contribution in [0.25, 0.3) is 0 Å². The Morgan fingerprint density at radius 1 is 1.30 bits per heavy atom. The van der Waals surface area contributed by atoms with Crippen molar-refractivity contribution in [2.24, 2.45) is 5.73 Å². The number of ether oxygens (including phenoxy) is 1. The largest absolute Gasteiger partial charge is 0.460 e. The molecule has 4 nitrogen and oxygen atoms in total. The maximum Gasteiger partial charge on any atom is 0.323 e. The minimum atomic E-state index is -0.653. The lowest BCUT2D eigenvalue weighted by Crippen LogP contribution is -2.31. The molecule has 1 aromatic carbocycles. The summed E-state index contributed by atoms with van der Waals surface area (Å²) >= 11 is 0. The van der Waals surface area contributed by atoms with Gasteiger partial charge in [0.1, 0.15) is 12.6 Å². The van der Waals surface area contributed by atoms with Crippen LogP contribution in [-0.2, 0) is 20.9 Å². The van der Waals surface area contributed by atoms with Crippen LogP contribution in [0.3, 0.4) is 0 Å². The van der Waals surface area contributed by atoms with Crippen molar-refractivity contribution in [1.82, 2.24) is 0 Å².